The fourth-order valence-corrected chi connectivity index (χ4v) is 3.51. The fourth-order valence-electron chi connectivity index (χ4n) is 2.37. The molecule has 0 saturated carbocycles. The minimum Gasteiger partial charge on any atom is -0.320 e. The summed E-state index contributed by atoms with van der Waals surface area (Å²) in [5, 5.41) is 0. The summed E-state index contributed by atoms with van der Waals surface area (Å²) in [5.41, 5.74) is 6.77. The van der Waals surface area contributed by atoms with Crippen LogP contribution in [0.2, 0.25) is 0 Å². The van der Waals surface area contributed by atoms with Crippen LogP contribution in [0, 0.1) is 17.7 Å². The Kier molecular flexibility index (Phi) is 5.69. The number of hydrogen-bond donors (Lipinski definition) is 1. The van der Waals surface area contributed by atoms with E-state index < -0.39 is 0 Å². The molecule has 0 amide bonds. The third kappa shape index (κ3) is 5.03. The van der Waals surface area contributed by atoms with Crippen LogP contribution in [0.4, 0.5) is 4.39 Å². The molecule has 1 saturated heterocycles. The number of nitrogens with two attached hydrogens (primary N) is 1. The first-order valence-electron chi connectivity index (χ1n) is 7.34. The van der Waals surface area contributed by atoms with Crippen LogP contribution in [-0.2, 0) is 6.54 Å². The van der Waals surface area contributed by atoms with Crippen LogP contribution in [0.15, 0.2) is 18.2 Å². The molecule has 21 heavy (non-hydrogen) atoms. The monoisotopic (exact) mass is 306 g/mol. The van der Waals surface area contributed by atoms with E-state index in [0.29, 0.717) is 23.4 Å². The molecule has 1 heterocycles. The van der Waals surface area contributed by atoms with E-state index in [4.69, 9.17) is 5.73 Å². The van der Waals surface area contributed by atoms with Crippen molar-refractivity contribution in [3.8, 4) is 11.8 Å². The Bertz CT molecular complexity index is 545. The van der Waals surface area contributed by atoms with Gasteiger partial charge in [0.05, 0.1) is 6.54 Å². The standard InChI is InChI=1S/C17H23FN2S/c1-17(2)7-9-20(10-11-21-17)13-15-6-5-14(4-3-8-19)12-16(15)18/h5-6,12H,7-11,13,19H2,1-2H3. The molecule has 0 bridgehead atoms. The molecular weight excluding hydrogens is 283 g/mol. The first-order chi connectivity index (χ1) is 10.00. The second kappa shape index (κ2) is 7.31. The van der Waals surface area contributed by atoms with Crippen LogP contribution in [0.25, 0.3) is 0 Å². The summed E-state index contributed by atoms with van der Waals surface area (Å²) in [6, 6.07) is 5.23. The summed E-state index contributed by atoms with van der Waals surface area (Å²) < 4.78 is 14.5. The SMILES string of the molecule is CC1(C)CCN(Cc2ccc(C#CCN)cc2F)CCS1. The van der Waals surface area contributed by atoms with E-state index >= 15 is 0 Å². The van der Waals surface area contributed by atoms with Gasteiger partial charge in [0.15, 0.2) is 0 Å². The predicted molar refractivity (Wildman–Crippen MR) is 88.8 cm³/mol. The van der Waals surface area contributed by atoms with E-state index in [0.717, 1.165) is 30.8 Å². The van der Waals surface area contributed by atoms with Crippen molar-refractivity contribution in [1.82, 2.24) is 4.90 Å². The third-order valence-corrected chi connectivity index (χ3v) is 5.08. The Morgan fingerprint density at radius 1 is 1.38 bits per heavy atom. The summed E-state index contributed by atoms with van der Waals surface area (Å²) in [4.78, 5) is 2.34. The van der Waals surface area contributed by atoms with Gasteiger partial charge in [-0.15, -0.1) is 0 Å². The van der Waals surface area contributed by atoms with Crippen molar-refractivity contribution in [2.45, 2.75) is 31.6 Å². The lowest BCUT2D eigenvalue weighted by Gasteiger charge is -2.22. The maximum atomic E-state index is 14.2. The van der Waals surface area contributed by atoms with Gasteiger partial charge in [-0.05, 0) is 25.1 Å². The van der Waals surface area contributed by atoms with Crippen LogP contribution in [0.1, 0.15) is 31.4 Å². The molecule has 0 unspecified atom stereocenters. The minimum absolute atomic E-state index is 0.171. The molecule has 1 aromatic rings. The zero-order valence-electron chi connectivity index (χ0n) is 12.8. The molecule has 1 aromatic carbocycles. The normalized spacial score (nSPS) is 18.7. The Labute approximate surface area is 131 Å². The van der Waals surface area contributed by atoms with E-state index in [1.54, 1.807) is 0 Å². The summed E-state index contributed by atoms with van der Waals surface area (Å²) in [5.74, 6) is 6.55. The highest BCUT2D eigenvalue weighted by atomic mass is 32.2. The lowest BCUT2D eigenvalue weighted by molar-refractivity contribution is 0.272. The molecule has 0 radical (unpaired) electrons. The molecule has 0 aromatic heterocycles. The van der Waals surface area contributed by atoms with Gasteiger partial charge in [-0.1, -0.05) is 31.8 Å². The number of halogens is 1. The zero-order chi connectivity index (χ0) is 15.3. The maximum Gasteiger partial charge on any atom is 0.128 e. The Morgan fingerprint density at radius 2 is 2.19 bits per heavy atom. The molecule has 4 heteroatoms. The summed E-state index contributed by atoms with van der Waals surface area (Å²) in [7, 11) is 0. The van der Waals surface area contributed by atoms with Crippen LogP contribution >= 0.6 is 11.8 Å². The van der Waals surface area contributed by atoms with Gasteiger partial charge in [-0.2, -0.15) is 11.8 Å². The molecule has 2 N–H and O–H groups in total. The summed E-state index contributed by atoms with van der Waals surface area (Å²) in [6.07, 6.45) is 1.14. The molecule has 1 fully saturated rings. The van der Waals surface area contributed by atoms with E-state index in [1.165, 1.54) is 6.07 Å². The molecule has 0 atom stereocenters. The molecule has 0 aliphatic carbocycles. The highest BCUT2D eigenvalue weighted by molar-refractivity contribution is 8.00. The van der Waals surface area contributed by atoms with Gasteiger partial charge < -0.3 is 5.73 Å². The number of benzene rings is 1. The largest absolute Gasteiger partial charge is 0.320 e. The van der Waals surface area contributed by atoms with Crippen molar-refractivity contribution in [2.75, 3.05) is 25.4 Å². The molecule has 1 aliphatic heterocycles. The topological polar surface area (TPSA) is 29.3 Å². The first-order valence-corrected chi connectivity index (χ1v) is 8.32. The van der Waals surface area contributed by atoms with Crippen molar-refractivity contribution >= 4 is 11.8 Å². The van der Waals surface area contributed by atoms with Crippen molar-refractivity contribution in [3.63, 3.8) is 0 Å². The van der Waals surface area contributed by atoms with E-state index in [-0.39, 0.29) is 5.82 Å². The van der Waals surface area contributed by atoms with Crippen molar-refractivity contribution in [3.05, 3.63) is 35.1 Å². The molecule has 0 spiro atoms. The van der Waals surface area contributed by atoms with E-state index in [9.17, 15) is 4.39 Å². The second-order valence-corrected chi connectivity index (χ2v) is 7.75. The van der Waals surface area contributed by atoms with Gasteiger partial charge in [0.25, 0.3) is 0 Å². The number of hydrogen-bond acceptors (Lipinski definition) is 3. The average molecular weight is 306 g/mol. The van der Waals surface area contributed by atoms with Gasteiger partial charge in [0.1, 0.15) is 5.82 Å². The summed E-state index contributed by atoms with van der Waals surface area (Å²) in [6.45, 7) is 7.58. The molecule has 2 nitrogen and oxygen atoms in total. The van der Waals surface area contributed by atoms with Gasteiger partial charge in [0.2, 0.25) is 0 Å². The smallest absolute Gasteiger partial charge is 0.128 e. The van der Waals surface area contributed by atoms with E-state index in [2.05, 4.69) is 30.6 Å². The highest BCUT2D eigenvalue weighted by Gasteiger charge is 2.23. The van der Waals surface area contributed by atoms with Crippen LogP contribution in [0.3, 0.4) is 0 Å². The van der Waals surface area contributed by atoms with Gasteiger partial charge in [0, 0.05) is 34.7 Å². The number of nitrogens with zero attached hydrogens (tertiary/aromatic N) is 1. The molecule has 1 aliphatic rings. The number of rotatable bonds is 2. The van der Waals surface area contributed by atoms with Crippen molar-refractivity contribution < 1.29 is 4.39 Å². The second-order valence-electron chi connectivity index (χ2n) is 5.95. The summed E-state index contributed by atoms with van der Waals surface area (Å²) >= 11 is 2.01. The predicted octanol–water partition coefficient (Wildman–Crippen LogP) is 2.85. The Hall–Kier alpha value is -1.02. The van der Waals surface area contributed by atoms with E-state index in [1.807, 2.05) is 23.9 Å². The van der Waals surface area contributed by atoms with Gasteiger partial charge >= 0.3 is 0 Å². The molecule has 114 valence electrons. The molecular formula is C17H23FN2S. The van der Waals surface area contributed by atoms with Crippen LogP contribution in [0.5, 0.6) is 0 Å². The lowest BCUT2D eigenvalue weighted by atomic mass is 10.1. The van der Waals surface area contributed by atoms with Crippen LogP contribution < -0.4 is 5.73 Å². The minimum atomic E-state index is -0.171. The third-order valence-electron chi connectivity index (χ3n) is 3.71. The fraction of sp³-hybridized carbons (Fsp3) is 0.529. The molecule has 2 rings (SSSR count). The highest BCUT2D eigenvalue weighted by Crippen LogP contribution is 2.31. The van der Waals surface area contributed by atoms with Gasteiger partial charge in [-0.3, -0.25) is 4.90 Å². The van der Waals surface area contributed by atoms with Crippen molar-refractivity contribution in [1.29, 1.82) is 0 Å². The quantitative estimate of drug-likeness (QED) is 0.852. The first kappa shape index (κ1) is 16.4. The zero-order valence-corrected chi connectivity index (χ0v) is 13.6. The van der Waals surface area contributed by atoms with Gasteiger partial charge in [-0.25, -0.2) is 4.39 Å². The average Bonchev–Trinajstić information content (AvgIpc) is 2.60. The Balaban J connectivity index is 2.02. The van der Waals surface area contributed by atoms with Crippen molar-refractivity contribution in [2.24, 2.45) is 5.73 Å². The number of thioether (sulfide) groups is 1. The lowest BCUT2D eigenvalue weighted by Crippen LogP contribution is -2.27. The van der Waals surface area contributed by atoms with Crippen LogP contribution in [-0.4, -0.2) is 35.0 Å². The Morgan fingerprint density at radius 3 is 2.90 bits per heavy atom. The maximum absolute atomic E-state index is 14.2.